The Balaban J connectivity index is 2.11. The molecule has 0 N–H and O–H groups in total. The zero-order chi connectivity index (χ0) is 13.4. The SMILES string of the molecule is Cc1ccc2nc(CCl)n(C3CCCN(C)C3)c2c1. The van der Waals surface area contributed by atoms with Crippen LogP contribution in [0.3, 0.4) is 0 Å². The Labute approximate surface area is 119 Å². The molecule has 0 aliphatic carbocycles. The number of hydrogen-bond acceptors (Lipinski definition) is 2. The molecule has 102 valence electrons. The molecule has 1 saturated heterocycles. The van der Waals surface area contributed by atoms with Crippen molar-refractivity contribution in [1.29, 1.82) is 0 Å². The standard InChI is InChI=1S/C15H20ClN3/c1-11-5-6-13-14(8-11)19(15(9-16)17-13)12-4-3-7-18(2)10-12/h5-6,8,12H,3-4,7,9-10H2,1-2H3. The Morgan fingerprint density at radius 2 is 2.26 bits per heavy atom. The molecule has 1 aliphatic rings. The van der Waals surface area contributed by atoms with Gasteiger partial charge in [0.05, 0.1) is 16.9 Å². The molecule has 2 heterocycles. The minimum absolute atomic E-state index is 0.480. The van der Waals surface area contributed by atoms with Gasteiger partial charge in [-0.3, -0.25) is 0 Å². The minimum Gasteiger partial charge on any atom is -0.323 e. The highest BCUT2D eigenvalue weighted by molar-refractivity contribution is 6.16. The second-order valence-corrected chi connectivity index (χ2v) is 5.85. The molecule has 19 heavy (non-hydrogen) atoms. The first-order valence-corrected chi connectivity index (χ1v) is 7.44. The average molecular weight is 278 g/mol. The molecule has 0 spiro atoms. The first-order valence-electron chi connectivity index (χ1n) is 6.91. The van der Waals surface area contributed by atoms with Crippen LogP contribution in [-0.2, 0) is 5.88 Å². The topological polar surface area (TPSA) is 21.1 Å². The van der Waals surface area contributed by atoms with Crippen LogP contribution in [0.25, 0.3) is 11.0 Å². The van der Waals surface area contributed by atoms with Gasteiger partial charge in [-0.2, -0.15) is 0 Å². The number of benzene rings is 1. The lowest BCUT2D eigenvalue weighted by molar-refractivity contribution is 0.213. The molecular weight excluding hydrogens is 258 g/mol. The fraction of sp³-hybridized carbons (Fsp3) is 0.533. The lowest BCUT2D eigenvalue weighted by atomic mass is 10.1. The van der Waals surface area contributed by atoms with Crippen molar-refractivity contribution in [3.63, 3.8) is 0 Å². The van der Waals surface area contributed by atoms with E-state index in [0.29, 0.717) is 11.9 Å². The van der Waals surface area contributed by atoms with E-state index in [1.165, 1.54) is 30.5 Å². The Morgan fingerprint density at radius 1 is 1.42 bits per heavy atom. The molecule has 2 aromatic rings. The highest BCUT2D eigenvalue weighted by atomic mass is 35.5. The number of likely N-dealkylation sites (tertiary alicyclic amines) is 1. The summed E-state index contributed by atoms with van der Waals surface area (Å²) in [4.78, 5) is 7.08. The number of fused-ring (bicyclic) bond motifs is 1. The van der Waals surface area contributed by atoms with Gasteiger partial charge < -0.3 is 9.47 Å². The van der Waals surface area contributed by atoms with E-state index >= 15 is 0 Å². The molecule has 1 atom stereocenters. The van der Waals surface area contributed by atoms with Gasteiger partial charge in [-0.25, -0.2) is 4.98 Å². The van der Waals surface area contributed by atoms with E-state index in [4.69, 9.17) is 11.6 Å². The van der Waals surface area contributed by atoms with Crippen molar-refractivity contribution in [2.75, 3.05) is 20.1 Å². The molecule has 1 aromatic heterocycles. The molecule has 0 bridgehead atoms. The molecule has 1 aliphatic heterocycles. The monoisotopic (exact) mass is 277 g/mol. The molecule has 3 rings (SSSR count). The minimum atomic E-state index is 0.480. The maximum Gasteiger partial charge on any atom is 0.125 e. The number of nitrogens with zero attached hydrogens (tertiary/aromatic N) is 3. The van der Waals surface area contributed by atoms with Crippen molar-refractivity contribution < 1.29 is 0 Å². The normalized spacial score (nSPS) is 21.1. The van der Waals surface area contributed by atoms with E-state index in [2.05, 4.69) is 46.6 Å². The van der Waals surface area contributed by atoms with Crippen molar-refractivity contribution in [2.45, 2.75) is 31.7 Å². The summed E-state index contributed by atoms with van der Waals surface area (Å²) in [5.41, 5.74) is 3.57. The van der Waals surface area contributed by atoms with Crippen LogP contribution < -0.4 is 0 Å². The van der Waals surface area contributed by atoms with Crippen LogP contribution >= 0.6 is 11.6 Å². The predicted molar refractivity (Wildman–Crippen MR) is 79.8 cm³/mol. The fourth-order valence-corrected chi connectivity index (χ4v) is 3.29. The van der Waals surface area contributed by atoms with E-state index in [9.17, 15) is 0 Å². The molecule has 4 heteroatoms. The highest BCUT2D eigenvalue weighted by Gasteiger charge is 2.23. The summed E-state index contributed by atoms with van der Waals surface area (Å²) in [7, 11) is 2.19. The number of likely N-dealkylation sites (N-methyl/N-ethyl adjacent to an activating group) is 1. The van der Waals surface area contributed by atoms with Gasteiger partial charge in [-0.15, -0.1) is 11.6 Å². The summed E-state index contributed by atoms with van der Waals surface area (Å²) in [5.74, 6) is 1.48. The van der Waals surface area contributed by atoms with Crippen LogP contribution in [0.5, 0.6) is 0 Å². The molecular formula is C15H20ClN3. The summed E-state index contributed by atoms with van der Waals surface area (Å²) >= 11 is 6.10. The number of aromatic nitrogens is 2. The van der Waals surface area contributed by atoms with Gasteiger partial charge in [-0.05, 0) is 51.1 Å². The summed E-state index contributed by atoms with van der Waals surface area (Å²) in [6.45, 7) is 4.41. The van der Waals surface area contributed by atoms with Crippen molar-refractivity contribution in [1.82, 2.24) is 14.5 Å². The third-order valence-electron chi connectivity index (χ3n) is 4.00. The van der Waals surface area contributed by atoms with E-state index in [1.54, 1.807) is 0 Å². The van der Waals surface area contributed by atoms with Gasteiger partial charge >= 0.3 is 0 Å². The van der Waals surface area contributed by atoms with Gasteiger partial charge in [0.25, 0.3) is 0 Å². The van der Waals surface area contributed by atoms with E-state index in [1.807, 2.05) is 0 Å². The van der Waals surface area contributed by atoms with Crippen molar-refractivity contribution >= 4 is 22.6 Å². The van der Waals surface area contributed by atoms with E-state index in [-0.39, 0.29) is 0 Å². The Morgan fingerprint density at radius 3 is 3.00 bits per heavy atom. The first-order chi connectivity index (χ1) is 9.19. The first kappa shape index (κ1) is 12.9. The molecule has 3 nitrogen and oxygen atoms in total. The van der Waals surface area contributed by atoms with Gasteiger partial charge in [0, 0.05) is 12.6 Å². The number of rotatable bonds is 2. The molecule has 0 amide bonds. The zero-order valence-corrected chi connectivity index (χ0v) is 12.3. The highest BCUT2D eigenvalue weighted by Crippen LogP contribution is 2.28. The lowest BCUT2D eigenvalue weighted by Crippen LogP contribution is -2.34. The van der Waals surface area contributed by atoms with Crippen LogP contribution in [0.4, 0.5) is 0 Å². The Kier molecular flexibility index (Phi) is 3.50. The number of imidazole rings is 1. The smallest absolute Gasteiger partial charge is 0.125 e. The molecule has 0 radical (unpaired) electrons. The van der Waals surface area contributed by atoms with Crippen LogP contribution in [-0.4, -0.2) is 34.6 Å². The van der Waals surface area contributed by atoms with Crippen LogP contribution in [0.15, 0.2) is 18.2 Å². The second kappa shape index (κ2) is 5.14. The number of halogens is 1. The van der Waals surface area contributed by atoms with Crippen molar-refractivity contribution in [3.8, 4) is 0 Å². The Bertz CT molecular complexity index is 590. The number of aryl methyl sites for hydroxylation is 1. The van der Waals surface area contributed by atoms with Crippen LogP contribution in [0.1, 0.15) is 30.3 Å². The zero-order valence-electron chi connectivity index (χ0n) is 11.6. The largest absolute Gasteiger partial charge is 0.323 e. The second-order valence-electron chi connectivity index (χ2n) is 5.58. The quantitative estimate of drug-likeness (QED) is 0.785. The molecule has 1 aromatic carbocycles. The average Bonchev–Trinajstić information content (AvgIpc) is 2.76. The number of hydrogen-bond donors (Lipinski definition) is 0. The fourth-order valence-electron chi connectivity index (χ4n) is 3.10. The number of piperidine rings is 1. The van der Waals surface area contributed by atoms with Gasteiger partial charge in [0.1, 0.15) is 5.82 Å². The van der Waals surface area contributed by atoms with Gasteiger partial charge in [0.15, 0.2) is 0 Å². The van der Waals surface area contributed by atoms with Crippen molar-refractivity contribution in [3.05, 3.63) is 29.6 Å². The summed E-state index contributed by atoms with van der Waals surface area (Å²) in [6, 6.07) is 6.95. The maximum atomic E-state index is 6.10. The maximum absolute atomic E-state index is 6.10. The lowest BCUT2D eigenvalue weighted by Gasteiger charge is -2.31. The third kappa shape index (κ3) is 2.37. The Hall–Kier alpha value is -1.06. The number of alkyl halides is 1. The molecule has 1 unspecified atom stereocenters. The summed E-state index contributed by atoms with van der Waals surface area (Å²) in [6.07, 6.45) is 2.46. The van der Waals surface area contributed by atoms with Gasteiger partial charge in [0.2, 0.25) is 0 Å². The summed E-state index contributed by atoms with van der Waals surface area (Å²) < 4.78 is 2.37. The molecule has 1 fully saturated rings. The third-order valence-corrected chi connectivity index (χ3v) is 4.24. The molecule has 0 saturated carbocycles. The van der Waals surface area contributed by atoms with Gasteiger partial charge in [-0.1, -0.05) is 6.07 Å². The van der Waals surface area contributed by atoms with E-state index in [0.717, 1.165) is 17.9 Å². The summed E-state index contributed by atoms with van der Waals surface area (Å²) in [5, 5.41) is 0. The van der Waals surface area contributed by atoms with Crippen molar-refractivity contribution in [2.24, 2.45) is 0 Å². The predicted octanol–water partition coefficient (Wildman–Crippen LogP) is 3.35. The van der Waals surface area contributed by atoms with Crippen LogP contribution in [0.2, 0.25) is 0 Å². The van der Waals surface area contributed by atoms with E-state index < -0.39 is 0 Å². The van der Waals surface area contributed by atoms with Crippen LogP contribution in [0, 0.1) is 6.92 Å².